The van der Waals surface area contributed by atoms with Gasteiger partial charge < -0.3 is 9.84 Å². The highest BCUT2D eigenvalue weighted by Crippen LogP contribution is 1.98. The Kier molecular flexibility index (Phi) is 1.79. The predicted octanol–water partition coefficient (Wildman–Crippen LogP) is -0.676. The van der Waals surface area contributed by atoms with Crippen LogP contribution in [0.25, 0.3) is 0 Å². The third-order valence-corrected chi connectivity index (χ3v) is 0.942. The number of hydrogen-bond acceptors (Lipinski definition) is 4. The maximum Gasteiger partial charge on any atom is 0.334 e. The van der Waals surface area contributed by atoms with Crippen LogP contribution in [0.3, 0.4) is 0 Å². The Morgan fingerprint density at radius 1 is 1.78 bits per heavy atom. The monoisotopic (exact) mass is 129 g/mol. The van der Waals surface area contributed by atoms with E-state index in [4.69, 9.17) is 5.11 Å². The van der Waals surface area contributed by atoms with Gasteiger partial charge in [-0.1, -0.05) is 0 Å². The number of cyclic esters (lactones) is 1. The number of carbonyl (C=O) groups is 1. The first-order valence-electron chi connectivity index (χ1n) is 2.68. The minimum absolute atomic E-state index is 0.0217. The van der Waals surface area contributed by atoms with Crippen LogP contribution >= 0.6 is 0 Å². The van der Waals surface area contributed by atoms with Gasteiger partial charge in [-0.05, 0) is 0 Å². The number of esters is 1. The average Bonchev–Trinajstić information content (AvgIpc) is 2.17. The number of aliphatic hydroxyl groups is 1. The zero-order valence-electron chi connectivity index (χ0n) is 4.83. The van der Waals surface area contributed by atoms with E-state index >= 15 is 0 Å². The molecule has 0 bridgehead atoms. The van der Waals surface area contributed by atoms with E-state index in [2.05, 4.69) is 9.73 Å². The van der Waals surface area contributed by atoms with Crippen molar-refractivity contribution in [3.05, 3.63) is 0 Å². The molecule has 1 heterocycles. The van der Waals surface area contributed by atoms with Crippen LogP contribution in [-0.2, 0) is 9.53 Å². The zero-order chi connectivity index (χ0) is 6.69. The summed E-state index contributed by atoms with van der Waals surface area (Å²) < 4.78 is 4.55. The highest BCUT2D eigenvalue weighted by Gasteiger charge is 2.14. The second kappa shape index (κ2) is 2.59. The molecular formula is C5H7NO3. The lowest BCUT2D eigenvalue weighted by Gasteiger charge is -1.93. The fraction of sp³-hybridized carbons (Fsp3) is 0.600. The van der Waals surface area contributed by atoms with Crippen LogP contribution in [-0.4, -0.2) is 30.1 Å². The smallest absolute Gasteiger partial charge is 0.334 e. The fourth-order valence-corrected chi connectivity index (χ4v) is 0.574. The molecule has 0 atom stereocenters. The molecule has 0 aliphatic carbocycles. The third kappa shape index (κ3) is 1.50. The largest absolute Gasteiger partial charge is 0.410 e. The average molecular weight is 129 g/mol. The quantitative estimate of drug-likeness (QED) is 0.503. The Labute approximate surface area is 52.2 Å². The van der Waals surface area contributed by atoms with Crippen LogP contribution in [0.4, 0.5) is 0 Å². The van der Waals surface area contributed by atoms with Gasteiger partial charge in [0, 0.05) is 6.42 Å². The van der Waals surface area contributed by atoms with Crippen molar-refractivity contribution in [3.8, 4) is 0 Å². The Morgan fingerprint density at radius 3 is 3.00 bits per heavy atom. The third-order valence-electron chi connectivity index (χ3n) is 0.942. The van der Waals surface area contributed by atoms with Gasteiger partial charge in [0.25, 0.3) is 0 Å². The van der Waals surface area contributed by atoms with E-state index < -0.39 is 0 Å². The van der Waals surface area contributed by atoms with Crippen molar-refractivity contribution >= 4 is 11.9 Å². The first-order chi connectivity index (χ1) is 4.33. The van der Waals surface area contributed by atoms with Gasteiger partial charge in [0.2, 0.25) is 0 Å². The number of aliphatic hydroxyl groups excluding tert-OH is 1. The second-order valence-electron chi connectivity index (χ2n) is 1.66. The number of ether oxygens (including phenoxy) is 1. The lowest BCUT2D eigenvalue weighted by Crippen LogP contribution is -2.05. The minimum Gasteiger partial charge on any atom is -0.410 e. The summed E-state index contributed by atoms with van der Waals surface area (Å²) in [6.07, 6.45) is 0.339. The molecule has 0 spiro atoms. The summed E-state index contributed by atoms with van der Waals surface area (Å²) in [5.41, 5.74) is 0. The lowest BCUT2D eigenvalue weighted by atomic mass is 10.5. The molecule has 0 radical (unpaired) electrons. The normalized spacial score (nSPS) is 17.4. The molecule has 1 rings (SSSR count). The summed E-state index contributed by atoms with van der Waals surface area (Å²) >= 11 is 0. The number of aliphatic imine (C=N–C) groups is 1. The van der Waals surface area contributed by atoms with E-state index in [-0.39, 0.29) is 19.1 Å². The van der Waals surface area contributed by atoms with Crippen molar-refractivity contribution in [1.82, 2.24) is 0 Å². The molecule has 1 aliphatic heterocycles. The summed E-state index contributed by atoms with van der Waals surface area (Å²) in [4.78, 5) is 14.0. The van der Waals surface area contributed by atoms with Crippen LogP contribution in [0.15, 0.2) is 4.99 Å². The van der Waals surface area contributed by atoms with Gasteiger partial charge in [0.1, 0.15) is 6.54 Å². The standard InChI is InChI=1S/C5H7NO3/c7-2-1-4-6-3-5(8)9-4/h7H,1-3H2. The molecule has 0 unspecified atom stereocenters. The van der Waals surface area contributed by atoms with Crippen LogP contribution in [0.2, 0.25) is 0 Å². The Hall–Kier alpha value is -0.900. The maximum absolute atomic E-state index is 10.3. The predicted molar refractivity (Wildman–Crippen MR) is 30.1 cm³/mol. The minimum atomic E-state index is -0.335. The topological polar surface area (TPSA) is 58.9 Å². The van der Waals surface area contributed by atoms with Crippen molar-refractivity contribution in [2.45, 2.75) is 6.42 Å². The molecule has 1 N–H and O–H groups in total. The number of hydrogen-bond donors (Lipinski definition) is 1. The van der Waals surface area contributed by atoms with E-state index in [0.29, 0.717) is 12.3 Å². The number of carbonyl (C=O) groups excluding carboxylic acids is 1. The second-order valence-corrected chi connectivity index (χ2v) is 1.66. The van der Waals surface area contributed by atoms with Gasteiger partial charge in [-0.3, -0.25) is 0 Å². The summed E-state index contributed by atoms with van der Waals surface area (Å²) in [6, 6.07) is 0. The Bertz CT molecular complexity index is 152. The molecule has 4 nitrogen and oxygen atoms in total. The lowest BCUT2D eigenvalue weighted by molar-refractivity contribution is -0.132. The highest BCUT2D eigenvalue weighted by molar-refractivity contribution is 5.95. The molecular weight excluding hydrogens is 122 g/mol. The van der Waals surface area contributed by atoms with Gasteiger partial charge in [-0.2, -0.15) is 0 Å². The first-order valence-corrected chi connectivity index (χ1v) is 2.68. The summed E-state index contributed by atoms with van der Waals surface area (Å²) in [5, 5.41) is 8.34. The molecule has 4 heteroatoms. The van der Waals surface area contributed by atoms with E-state index in [1.807, 2.05) is 0 Å². The molecule has 0 aromatic heterocycles. The Balaban J connectivity index is 2.36. The highest BCUT2D eigenvalue weighted by atomic mass is 16.6. The van der Waals surface area contributed by atoms with Crippen molar-refractivity contribution in [2.24, 2.45) is 4.99 Å². The van der Waals surface area contributed by atoms with E-state index in [0.717, 1.165) is 0 Å². The molecule has 0 aromatic carbocycles. The van der Waals surface area contributed by atoms with Gasteiger partial charge in [-0.25, -0.2) is 9.79 Å². The molecule has 9 heavy (non-hydrogen) atoms. The van der Waals surface area contributed by atoms with Crippen molar-refractivity contribution < 1.29 is 14.6 Å². The van der Waals surface area contributed by atoms with Crippen molar-refractivity contribution in [2.75, 3.05) is 13.2 Å². The van der Waals surface area contributed by atoms with Crippen LogP contribution < -0.4 is 0 Å². The van der Waals surface area contributed by atoms with Gasteiger partial charge in [-0.15, -0.1) is 0 Å². The van der Waals surface area contributed by atoms with Crippen LogP contribution in [0.1, 0.15) is 6.42 Å². The molecule has 1 aliphatic rings. The van der Waals surface area contributed by atoms with Gasteiger partial charge in [0.15, 0.2) is 5.90 Å². The van der Waals surface area contributed by atoms with E-state index in [1.165, 1.54) is 0 Å². The molecule has 0 aromatic rings. The van der Waals surface area contributed by atoms with Crippen molar-refractivity contribution in [1.29, 1.82) is 0 Å². The number of nitrogens with zero attached hydrogens (tertiary/aromatic N) is 1. The molecule has 50 valence electrons. The van der Waals surface area contributed by atoms with Gasteiger partial charge in [0.05, 0.1) is 6.61 Å². The zero-order valence-corrected chi connectivity index (χ0v) is 4.83. The molecule has 0 amide bonds. The number of rotatable bonds is 2. The summed E-state index contributed by atoms with van der Waals surface area (Å²) in [6.45, 7) is 0.0848. The van der Waals surface area contributed by atoms with E-state index in [1.54, 1.807) is 0 Å². The van der Waals surface area contributed by atoms with Crippen LogP contribution in [0, 0.1) is 0 Å². The SMILES string of the molecule is O=C1CN=C(CCO)O1. The Morgan fingerprint density at radius 2 is 2.56 bits per heavy atom. The van der Waals surface area contributed by atoms with Crippen LogP contribution in [0.5, 0.6) is 0 Å². The summed E-state index contributed by atoms with van der Waals surface area (Å²) in [7, 11) is 0. The molecule has 0 fully saturated rings. The van der Waals surface area contributed by atoms with Gasteiger partial charge >= 0.3 is 5.97 Å². The molecule has 0 saturated heterocycles. The maximum atomic E-state index is 10.3. The van der Waals surface area contributed by atoms with Crippen molar-refractivity contribution in [3.63, 3.8) is 0 Å². The summed E-state index contributed by atoms with van der Waals surface area (Å²) in [5.74, 6) is 0.0148. The van der Waals surface area contributed by atoms with E-state index in [9.17, 15) is 4.79 Å². The molecule has 0 saturated carbocycles. The fourth-order valence-electron chi connectivity index (χ4n) is 0.574. The first kappa shape index (κ1) is 6.22.